The molecular formula is C8H9O3P. The average Bonchev–Trinajstić information content (AvgIpc) is 2.16. The van der Waals surface area contributed by atoms with Crippen molar-refractivity contribution >= 4 is 13.8 Å². The summed E-state index contributed by atoms with van der Waals surface area (Å²) in [6, 6.07) is 5.26. The van der Waals surface area contributed by atoms with Crippen LogP contribution >= 0.6 is 8.46 Å². The second kappa shape index (κ2) is 4.07. The lowest BCUT2D eigenvalue weighted by molar-refractivity contribution is 0.400. The maximum atomic E-state index is 10.7. The van der Waals surface area contributed by atoms with Gasteiger partial charge in [0.15, 0.2) is 8.46 Å². The van der Waals surface area contributed by atoms with Crippen molar-refractivity contribution in [2.75, 3.05) is 14.2 Å². The molecule has 3 nitrogen and oxygen atoms in total. The summed E-state index contributed by atoms with van der Waals surface area (Å²) in [6.45, 7) is 0. The Balaban J connectivity index is 3.21. The highest BCUT2D eigenvalue weighted by Gasteiger charge is 2.08. The second-order valence-electron chi connectivity index (χ2n) is 2.10. The van der Waals surface area contributed by atoms with Crippen molar-refractivity contribution in [1.29, 1.82) is 0 Å². The molecule has 0 saturated heterocycles. The van der Waals surface area contributed by atoms with Crippen LogP contribution in [0.5, 0.6) is 11.5 Å². The van der Waals surface area contributed by atoms with Crippen LogP contribution in [0.4, 0.5) is 0 Å². The molecule has 4 heteroatoms. The zero-order chi connectivity index (χ0) is 8.97. The average molecular weight is 184 g/mol. The molecule has 0 radical (unpaired) electrons. The Labute approximate surface area is 72.5 Å². The molecule has 1 aromatic rings. The lowest BCUT2D eigenvalue weighted by Gasteiger charge is -2.06. The Bertz CT molecular complexity index is 263. The van der Waals surface area contributed by atoms with E-state index in [1.165, 1.54) is 14.2 Å². The number of methoxy groups -OCH3 is 2. The largest absolute Gasteiger partial charge is 0.495 e. The van der Waals surface area contributed by atoms with Crippen LogP contribution in [0.25, 0.3) is 0 Å². The van der Waals surface area contributed by atoms with Gasteiger partial charge >= 0.3 is 0 Å². The van der Waals surface area contributed by atoms with E-state index in [0.717, 1.165) is 0 Å². The van der Waals surface area contributed by atoms with Gasteiger partial charge in [0.05, 0.1) is 14.2 Å². The van der Waals surface area contributed by atoms with Gasteiger partial charge in [0.25, 0.3) is 0 Å². The summed E-state index contributed by atoms with van der Waals surface area (Å²) in [5.41, 5.74) is 0. The first-order chi connectivity index (χ1) is 5.83. The number of rotatable bonds is 3. The predicted octanol–water partition coefficient (Wildman–Crippen LogP) is 1.62. The predicted molar refractivity (Wildman–Crippen MR) is 46.8 cm³/mol. The Kier molecular flexibility index (Phi) is 3.06. The van der Waals surface area contributed by atoms with Gasteiger partial charge < -0.3 is 9.47 Å². The number of hydrogen-bond acceptors (Lipinski definition) is 3. The minimum absolute atomic E-state index is 0.0937. The number of hydrogen-bond donors (Lipinski definition) is 0. The minimum atomic E-state index is -0.0937. The zero-order valence-corrected chi connectivity index (χ0v) is 7.80. The summed E-state index contributed by atoms with van der Waals surface area (Å²) in [7, 11) is 2.97. The van der Waals surface area contributed by atoms with Crippen LogP contribution in [0.1, 0.15) is 0 Å². The van der Waals surface area contributed by atoms with E-state index >= 15 is 0 Å². The van der Waals surface area contributed by atoms with Crippen LogP contribution in [-0.2, 0) is 4.57 Å². The second-order valence-corrected chi connectivity index (χ2v) is 2.73. The molecular weight excluding hydrogens is 175 g/mol. The van der Waals surface area contributed by atoms with E-state index in [1.807, 2.05) is 0 Å². The minimum Gasteiger partial charge on any atom is -0.495 e. The van der Waals surface area contributed by atoms with Crippen LogP contribution in [0.2, 0.25) is 0 Å². The fourth-order valence-electron chi connectivity index (χ4n) is 0.922. The van der Waals surface area contributed by atoms with Gasteiger partial charge in [0.2, 0.25) is 0 Å². The monoisotopic (exact) mass is 184 g/mol. The van der Waals surface area contributed by atoms with E-state index in [0.29, 0.717) is 16.8 Å². The Hall–Kier alpha value is -1.08. The molecule has 0 aliphatic heterocycles. The van der Waals surface area contributed by atoms with Gasteiger partial charge in [-0.15, -0.1) is 0 Å². The van der Waals surface area contributed by atoms with E-state index in [2.05, 4.69) is 0 Å². The molecule has 1 aromatic carbocycles. The Morgan fingerprint density at radius 3 is 2.00 bits per heavy atom. The van der Waals surface area contributed by atoms with Crippen molar-refractivity contribution in [2.24, 2.45) is 0 Å². The fourth-order valence-corrected chi connectivity index (χ4v) is 1.43. The van der Waals surface area contributed by atoms with E-state index in [1.54, 1.807) is 18.2 Å². The molecule has 0 atom stereocenters. The zero-order valence-electron chi connectivity index (χ0n) is 6.90. The van der Waals surface area contributed by atoms with Crippen molar-refractivity contribution in [3.8, 4) is 11.5 Å². The van der Waals surface area contributed by atoms with E-state index in [-0.39, 0.29) is 8.46 Å². The smallest absolute Gasteiger partial charge is 0.200 e. The van der Waals surface area contributed by atoms with Crippen molar-refractivity contribution in [2.45, 2.75) is 0 Å². The van der Waals surface area contributed by atoms with Crippen LogP contribution in [-0.4, -0.2) is 14.2 Å². The molecule has 0 heterocycles. The van der Waals surface area contributed by atoms with Crippen molar-refractivity contribution in [3.05, 3.63) is 18.2 Å². The summed E-state index contributed by atoms with van der Waals surface area (Å²) in [5, 5.41) is 0.544. The highest BCUT2D eigenvalue weighted by atomic mass is 31.1. The summed E-state index contributed by atoms with van der Waals surface area (Å²) < 4.78 is 20.7. The molecule has 12 heavy (non-hydrogen) atoms. The van der Waals surface area contributed by atoms with Crippen molar-refractivity contribution < 1.29 is 14.0 Å². The van der Waals surface area contributed by atoms with Crippen LogP contribution < -0.4 is 14.8 Å². The van der Waals surface area contributed by atoms with Crippen LogP contribution in [0.3, 0.4) is 0 Å². The summed E-state index contributed by atoms with van der Waals surface area (Å²) in [6.07, 6.45) is 0. The van der Waals surface area contributed by atoms with Gasteiger partial charge in [-0.1, -0.05) is 6.07 Å². The molecule has 0 unspecified atom stereocenters. The third-order valence-corrected chi connectivity index (χ3v) is 2.12. The molecule has 0 spiro atoms. The maximum absolute atomic E-state index is 10.7. The molecule has 0 fully saturated rings. The Morgan fingerprint density at radius 1 is 1.17 bits per heavy atom. The Morgan fingerprint density at radius 2 is 1.67 bits per heavy atom. The van der Waals surface area contributed by atoms with E-state index in [9.17, 15) is 4.57 Å². The highest BCUT2D eigenvalue weighted by molar-refractivity contribution is 7.34. The summed E-state index contributed by atoms with van der Waals surface area (Å²) in [4.78, 5) is 0. The van der Waals surface area contributed by atoms with Crippen molar-refractivity contribution in [1.82, 2.24) is 0 Å². The van der Waals surface area contributed by atoms with Gasteiger partial charge in [-0.25, -0.2) is 0 Å². The molecule has 64 valence electrons. The molecule has 0 N–H and O–H groups in total. The normalized spacial score (nSPS) is 9.83. The first kappa shape index (κ1) is 9.01. The van der Waals surface area contributed by atoms with Gasteiger partial charge in [0.1, 0.15) is 16.8 Å². The van der Waals surface area contributed by atoms with Gasteiger partial charge in [-0.05, 0) is 12.1 Å². The molecule has 1 rings (SSSR count). The summed E-state index contributed by atoms with van der Waals surface area (Å²) in [5.74, 6) is 1.15. The molecule has 0 amide bonds. The lowest BCUT2D eigenvalue weighted by Crippen LogP contribution is -2.03. The van der Waals surface area contributed by atoms with E-state index in [4.69, 9.17) is 9.47 Å². The molecule has 0 saturated carbocycles. The first-order valence-electron chi connectivity index (χ1n) is 3.37. The topological polar surface area (TPSA) is 35.5 Å². The van der Waals surface area contributed by atoms with Gasteiger partial charge in [0, 0.05) is 0 Å². The third-order valence-electron chi connectivity index (χ3n) is 1.49. The molecule has 0 aromatic heterocycles. The van der Waals surface area contributed by atoms with Crippen molar-refractivity contribution in [3.63, 3.8) is 0 Å². The number of ether oxygens (including phenoxy) is 2. The van der Waals surface area contributed by atoms with Crippen LogP contribution in [0.15, 0.2) is 18.2 Å². The van der Waals surface area contributed by atoms with Gasteiger partial charge in [-0.2, -0.15) is 0 Å². The first-order valence-corrected chi connectivity index (χ1v) is 4.19. The molecule has 0 aliphatic rings. The maximum Gasteiger partial charge on any atom is 0.200 e. The SMILES string of the molecule is COc1cccc(OC)c1P=O. The van der Waals surface area contributed by atoms with Crippen LogP contribution in [0, 0.1) is 0 Å². The molecule has 0 aliphatic carbocycles. The number of benzene rings is 1. The van der Waals surface area contributed by atoms with Gasteiger partial charge in [-0.3, -0.25) is 4.57 Å². The van der Waals surface area contributed by atoms with E-state index < -0.39 is 0 Å². The quantitative estimate of drug-likeness (QED) is 0.669. The third kappa shape index (κ3) is 1.56. The summed E-state index contributed by atoms with van der Waals surface area (Å²) >= 11 is 0. The fraction of sp³-hybridized carbons (Fsp3) is 0.250. The standard InChI is InChI=1S/C8H9O3P/c1-10-6-4-3-5-7(11-2)8(6)12-9/h3-5H,1-2H3. The highest BCUT2D eigenvalue weighted by Crippen LogP contribution is 2.21. The molecule has 0 bridgehead atoms. The lowest BCUT2D eigenvalue weighted by atomic mass is 10.3.